The Bertz CT molecular complexity index is 500. The van der Waals surface area contributed by atoms with Crippen LogP contribution in [0.15, 0.2) is 12.1 Å². The van der Waals surface area contributed by atoms with Crippen molar-refractivity contribution in [2.45, 2.75) is 43.9 Å². The zero-order chi connectivity index (χ0) is 13.2. The second-order valence-electron chi connectivity index (χ2n) is 7.06. The molecule has 4 aliphatic rings. The van der Waals surface area contributed by atoms with E-state index < -0.39 is 0 Å². The van der Waals surface area contributed by atoms with Crippen LogP contribution in [0, 0.1) is 17.8 Å². The first-order chi connectivity index (χ1) is 9.06. The van der Waals surface area contributed by atoms with Crippen LogP contribution in [0.5, 0.6) is 17.2 Å². The molecule has 0 radical (unpaired) electrons. The summed E-state index contributed by atoms with van der Waals surface area (Å²) in [5, 5.41) is 29.5. The van der Waals surface area contributed by atoms with Crippen molar-refractivity contribution < 1.29 is 15.3 Å². The largest absolute Gasteiger partial charge is 0.508 e. The Balaban J connectivity index is 1.81. The van der Waals surface area contributed by atoms with E-state index in [0.717, 1.165) is 42.6 Å². The molecule has 3 nitrogen and oxygen atoms in total. The van der Waals surface area contributed by atoms with Crippen molar-refractivity contribution in [3.8, 4) is 17.2 Å². The molecule has 0 atom stereocenters. The molecule has 4 bridgehead atoms. The maximum absolute atomic E-state index is 10.2. The molecule has 4 aliphatic carbocycles. The minimum absolute atomic E-state index is 0.0456. The van der Waals surface area contributed by atoms with E-state index in [4.69, 9.17) is 0 Å². The van der Waals surface area contributed by atoms with Crippen molar-refractivity contribution in [3.05, 3.63) is 17.7 Å². The molecule has 0 aromatic heterocycles. The Labute approximate surface area is 112 Å². The zero-order valence-corrected chi connectivity index (χ0v) is 11.0. The molecule has 0 unspecified atom stereocenters. The molecule has 4 saturated carbocycles. The Morgan fingerprint density at radius 3 is 1.74 bits per heavy atom. The monoisotopic (exact) mass is 260 g/mol. The lowest BCUT2D eigenvalue weighted by Gasteiger charge is -2.57. The van der Waals surface area contributed by atoms with Crippen LogP contribution in [0.25, 0.3) is 0 Å². The summed E-state index contributed by atoms with van der Waals surface area (Å²) >= 11 is 0. The zero-order valence-electron chi connectivity index (χ0n) is 11.0. The number of phenolic OH excluding ortho intramolecular Hbond substituents is 3. The van der Waals surface area contributed by atoms with E-state index in [1.807, 2.05) is 0 Å². The minimum atomic E-state index is -0.231. The van der Waals surface area contributed by atoms with E-state index >= 15 is 0 Å². The van der Waals surface area contributed by atoms with E-state index in [1.165, 1.54) is 25.3 Å². The topological polar surface area (TPSA) is 60.7 Å². The van der Waals surface area contributed by atoms with Crippen LogP contribution < -0.4 is 0 Å². The molecule has 102 valence electrons. The first kappa shape index (κ1) is 11.4. The minimum Gasteiger partial charge on any atom is -0.508 e. The Morgan fingerprint density at radius 1 is 0.737 bits per heavy atom. The molecule has 5 rings (SSSR count). The molecule has 3 N–H and O–H groups in total. The van der Waals surface area contributed by atoms with E-state index in [1.54, 1.807) is 6.07 Å². The fourth-order valence-electron chi connectivity index (χ4n) is 5.43. The number of aromatic hydroxyl groups is 3. The molecular formula is C16H20O3. The fraction of sp³-hybridized carbons (Fsp3) is 0.625. The van der Waals surface area contributed by atoms with Gasteiger partial charge in [-0.2, -0.15) is 0 Å². The van der Waals surface area contributed by atoms with Crippen molar-refractivity contribution in [2.75, 3.05) is 0 Å². The highest BCUT2D eigenvalue weighted by Gasteiger charge is 2.52. The SMILES string of the molecule is Oc1cc(O)c(C23CC4CC(CC(C4)C2)C3)cc1O. The molecule has 0 aliphatic heterocycles. The van der Waals surface area contributed by atoms with Gasteiger partial charge in [0.1, 0.15) is 5.75 Å². The van der Waals surface area contributed by atoms with Gasteiger partial charge in [0, 0.05) is 11.6 Å². The van der Waals surface area contributed by atoms with Gasteiger partial charge in [-0.05, 0) is 67.8 Å². The van der Waals surface area contributed by atoms with Crippen LogP contribution in [-0.2, 0) is 5.41 Å². The summed E-state index contributed by atoms with van der Waals surface area (Å²) in [6.45, 7) is 0. The highest BCUT2D eigenvalue weighted by molar-refractivity contribution is 5.52. The number of hydrogen-bond acceptors (Lipinski definition) is 3. The van der Waals surface area contributed by atoms with E-state index in [9.17, 15) is 15.3 Å². The van der Waals surface area contributed by atoms with E-state index in [0.29, 0.717) is 0 Å². The highest BCUT2D eigenvalue weighted by Crippen LogP contribution is 2.62. The summed E-state index contributed by atoms with van der Waals surface area (Å²) in [5.41, 5.74) is 0.909. The van der Waals surface area contributed by atoms with Gasteiger partial charge in [-0.15, -0.1) is 0 Å². The van der Waals surface area contributed by atoms with Gasteiger partial charge >= 0.3 is 0 Å². The van der Waals surface area contributed by atoms with Crippen molar-refractivity contribution in [3.63, 3.8) is 0 Å². The highest BCUT2D eigenvalue weighted by atomic mass is 16.3. The van der Waals surface area contributed by atoms with Crippen LogP contribution in [0.4, 0.5) is 0 Å². The lowest BCUT2D eigenvalue weighted by atomic mass is 9.48. The van der Waals surface area contributed by atoms with E-state index in [2.05, 4.69) is 0 Å². The van der Waals surface area contributed by atoms with Crippen LogP contribution >= 0.6 is 0 Å². The molecule has 0 amide bonds. The third-order valence-electron chi connectivity index (χ3n) is 5.70. The third-order valence-corrected chi connectivity index (χ3v) is 5.70. The normalized spacial score (nSPS) is 39.7. The lowest BCUT2D eigenvalue weighted by Crippen LogP contribution is -2.48. The van der Waals surface area contributed by atoms with Crippen molar-refractivity contribution in [1.82, 2.24) is 0 Å². The summed E-state index contributed by atoms with van der Waals surface area (Å²) in [6, 6.07) is 2.89. The predicted molar refractivity (Wildman–Crippen MR) is 71.3 cm³/mol. The molecular weight excluding hydrogens is 240 g/mol. The standard InChI is InChI=1S/C16H20O3/c17-13-5-15(19)14(18)4-12(13)16-6-9-1-10(7-16)3-11(2-9)8-16/h4-5,9-11,17-19H,1-3,6-8H2. The second-order valence-corrected chi connectivity index (χ2v) is 7.06. The summed E-state index contributed by atoms with van der Waals surface area (Å²) in [7, 11) is 0. The summed E-state index contributed by atoms with van der Waals surface area (Å²) in [4.78, 5) is 0. The van der Waals surface area contributed by atoms with Gasteiger partial charge < -0.3 is 15.3 Å². The van der Waals surface area contributed by atoms with Gasteiger partial charge in [-0.3, -0.25) is 0 Å². The molecule has 4 fully saturated rings. The Hall–Kier alpha value is -1.38. The summed E-state index contributed by atoms with van der Waals surface area (Å²) in [5.74, 6) is 2.19. The number of rotatable bonds is 1. The molecule has 3 heteroatoms. The average Bonchev–Trinajstić information content (AvgIpc) is 2.32. The number of benzene rings is 1. The first-order valence-electron chi connectivity index (χ1n) is 7.31. The molecule has 1 aromatic rings. The van der Waals surface area contributed by atoms with Gasteiger partial charge in [-0.1, -0.05) is 0 Å². The maximum Gasteiger partial charge on any atom is 0.161 e. The lowest BCUT2D eigenvalue weighted by molar-refractivity contribution is -0.00624. The van der Waals surface area contributed by atoms with Gasteiger partial charge in [-0.25, -0.2) is 0 Å². The van der Waals surface area contributed by atoms with E-state index in [-0.39, 0.29) is 22.7 Å². The molecule has 0 heterocycles. The van der Waals surface area contributed by atoms with Gasteiger partial charge in [0.05, 0.1) is 0 Å². The Kier molecular flexibility index (Phi) is 2.16. The quantitative estimate of drug-likeness (QED) is 0.536. The van der Waals surface area contributed by atoms with Crippen LogP contribution in [0.1, 0.15) is 44.1 Å². The van der Waals surface area contributed by atoms with Gasteiger partial charge in [0.25, 0.3) is 0 Å². The molecule has 1 aromatic carbocycles. The third kappa shape index (κ3) is 1.57. The first-order valence-corrected chi connectivity index (χ1v) is 7.31. The smallest absolute Gasteiger partial charge is 0.161 e. The average molecular weight is 260 g/mol. The van der Waals surface area contributed by atoms with Gasteiger partial charge in [0.15, 0.2) is 11.5 Å². The molecule has 19 heavy (non-hydrogen) atoms. The number of hydrogen-bond donors (Lipinski definition) is 3. The van der Waals surface area contributed by atoms with Crippen molar-refractivity contribution >= 4 is 0 Å². The molecule has 0 saturated heterocycles. The van der Waals surface area contributed by atoms with Crippen molar-refractivity contribution in [1.29, 1.82) is 0 Å². The fourth-order valence-corrected chi connectivity index (χ4v) is 5.43. The Morgan fingerprint density at radius 2 is 1.21 bits per heavy atom. The summed E-state index contributed by atoms with van der Waals surface area (Å²) in [6.07, 6.45) is 7.46. The van der Waals surface area contributed by atoms with Crippen LogP contribution in [0.2, 0.25) is 0 Å². The van der Waals surface area contributed by atoms with Crippen molar-refractivity contribution in [2.24, 2.45) is 17.8 Å². The summed E-state index contributed by atoms with van der Waals surface area (Å²) < 4.78 is 0. The van der Waals surface area contributed by atoms with Gasteiger partial charge in [0.2, 0.25) is 0 Å². The molecule has 0 spiro atoms. The van der Waals surface area contributed by atoms with Crippen LogP contribution in [-0.4, -0.2) is 15.3 Å². The predicted octanol–water partition coefficient (Wildman–Crippen LogP) is 3.27. The van der Waals surface area contributed by atoms with Crippen LogP contribution in [0.3, 0.4) is 0 Å². The second kappa shape index (κ2) is 3.59. The maximum atomic E-state index is 10.2. The number of phenols is 3.